The molecule has 2 aromatic heterocycles. The first kappa shape index (κ1) is 16.0. The van der Waals surface area contributed by atoms with Crippen molar-refractivity contribution < 1.29 is 4.74 Å². The van der Waals surface area contributed by atoms with Gasteiger partial charge in [0.25, 0.3) is 0 Å². The van der Waals surface area contributed by atoms with Crippen LogP contribution >= 0.6 is 11.3 Å². The highest BCUT2D eigenvalue weighted by atomic mass is 32.1. The van der Waals surface area contributed by atoms with Gasteiger partial charge in [0.1, 0.15) is 10.6 Å². The first-order valence-electron chi connectivity index (χ1n) is 8.25. The molecule has 0 amide bonds. The van der Waals surface area contributed by atoms with Crippen LogP contribution in [-0.4, -0.2) is 36.3 Å². The van der Waals surface area contributed by atoms with E-state index in [2.05, 4.69) is 40.9 Å². The minimum atomic E-state index is 0.694. The molecule has 3 heterocycles. The number of rotatable bonds is 2. The Morgan fingerprint density at radius 1 is 1.12 bits per heavy atom. The summed E-state index contributed by atoms with van der Waals surface area (Å²) < 4.78 is 5.49. The summed E-state index contributed by atoms with van der Waals surface area (Å²) in [5, 5.41) is 1.70. The third kappa shape index (κ3) is 2.86. The average molecular weight is 350 g/mol. The average Bonchev–Trinajstić information content (AvgIpc) is 2.98. The molecule has 0 aliphatic carbocycles. The van der Waals surface area contributed by atoms with Gasteiger partial charge < -0.3 is 9.64 Å². The molecule has 1 saturated heterocycles. The molecule has 25 heavy (non-hydrogen) atoms. The van der Waals surface area contributed by atoms with E-state index in [1.54, 1.807) is 0 Å². The van der Waals surface area contributed by atoms with Crippen molar-refractivity contribution in [2.45, 2.75) is 13.8 Å². The maximum Gasteiger partial charge on any atom is 0.246 e. The van der Waals surface area contributed by atoms with Gasteiger partial charge in [-0.15, -0.1) is 11.3 Å². The molecular formula is C19H18N4OS. The third-order valence-electron chi connectivity index (χ3n) is 4.47. The van der Waals surface area contributed by atoms with Gasteiger partial charge in [0.2, 0.25) is 5.00 Å². The van der Waals surface area contributed by atoms with Crippen molar-refractivity contribution in [3.63, 3.8) is 0 Å². The van der Waals surface area contributed by atoms with Crippen LogP contribution in [0.5, 0.6) is 0 Å². The second-order valence-corrected chi connectivity index (χ2v) is 7.14. The monoisotopic (exact) mass is 350 g/mol. The van der Waals surface area contributed by atoms with E-state index in [0.717, 1.165) is 40.3 Å². The van der Waals surface area contributed by atoms with E-state index in [-0.39, 0.29) is 0 Å². The molecule has 4 rings (SSSR count). The molecule has 6 heteroatoms. The number of anilines is 1. The summed E-state index contributed by atoms with van der Waals surface area (Å²) in [5.74, 6) is 1.64. The normalized spacial score (nSPS) is 14.7. The molecule has 5 nitrogen and oxygen atoms in total. The van der Waals surface area contributed by atoms with Crippen molar-refractivity contribution in [1.82, 2.24) is 9.97 Å². The Labute approximate surface area is 150 Å². The largest absolute Gasteiger partial charge is 0.378 e. The predicted octanol–water partition coefficient (Wildman–Crippen LogP) is 4.36. The van der Waals surface area contributed by atoms with Crippen LogP contribution in [0.25, 0.3) is 26.4 Å². The standard InChI is InChI=1S/C19H18N4OS/c1-12-4-6-14(7-5-12)16-21-17(23-8-10-24-11-9-23)15-13(2)18(20-3)25-19(15)22-16/h4-7H,8-11H2,1-2H3. The molecule has 1 aliphatic rings. The molecule has 3 aromatic rings. The molecule has 126 valence electrons. The Morgan fingerprint density at radius 2 is 1.84 bits per heavy atom. The van der Waals surface area contributed by atoms with Crippen molar-refractivity contribution in [2.75, 3.05) is 31.2 Å². The number of hydrogen-bond donors (Lipinski definition) is 0. The summed E-state index contributed by atoms with van der Waals surface area (Å²) in [4.78, 5) is 16.5. The minimum absolute atomic E-state index is 0.694. The smallest absolute Gasteiger partial charge is 0.246 e. The third-order valence-corrected chi connectivity index (χ3v) is 5.55. The van der Waals surface area contributed by atoms with Gasteiger partial charge in [0.15, 0.2) is 5.82 Å². The summed E-state index contributed by atoms with van der Waals surface area (Å²) in [6, 6.07) is 8.24. The maximum absolute atomic E-state index is 7.43. The molecule has 1 aliphatic heterocycles. The van der Waals surface area contributed by atoms with Gasteiger partial charge in [-0.2, -0.15) is 0 Å². The van der Waals surface area contributed by atoms with Crippen LogP contribution in [0.3, 0.4) is 0 Å². The highest BCUT2D eigenvalue weighted by Crippen LogP contribution is 2.41. The van der Waals surface area contributed by atoms with E-state index in [1.165, 1.54) is 16.9 Å². The number of morpholine rings is 1. The number of thiophene rings is 1. The highest BCUT2D eigenvalue weighted by Gasteiger charge is 2.22. The second kappa shape index (κ2) is 6.43. The molecule has 0 unspecified atom stereocenters. The van der Waals surface area contributed by atoms with Gasteiger partial charge in [-0.1, -0.05) is 29.8 Å². The van der Waals surface area contributed by atoms with Crippen LogP contribution in [0, 0.1) is 20.4 Å². The fourth-order valence-corrected chi connectivity index (χ4v) is 4.01. The maximum atomic E-state index is 7.43. The van der Waals surface area contributed by atoms with Crippen LogP contribution in [0.15, 0.2) is 24.3 Å². The number of hydrogen-bond acceptors (Lipinski definition) is 5. The summed E-state index contributed by atoms with van der Waals surface area (Å²) in [5.41, 5.74) is 3.19. The number of nitrogens with zero attached hydrogens (tertiary/aromatic N) is 4. The lowest BCUT2D eigenvalue weighted by Gasteiger charge is -2.28. The molecular weight excluding hydrogens is 332 g/mol. The number of fused-ring (bicyclic) bond motifs is 1. The topological polar surface area (TPSA) is 42.6 Å². The SMILES string of the molecule is [C-]#[N+]c1sc2nc(-c3ccc(C)cc3)nc(N3CCOCC3)c2c1C. The van der Waals surface area contributed by atoms with Crippen molar-refractivity contribution in [1.29, 1.82) is 0 Å². The molecule has 0 bridgehead atoms. The Kier molecular flexibility index (Phi) is 4.12. The lowest BCUT2D eigenvalue weighted by molar-refractivity contribution is 0.122. The Bertz CT molecular complexity index is 966. The molecule has 0 saturated carbocycles. The zero-order valence-corrected chi connectivity index (χ0v) is 15.1. The van der Waals surface area contributed by atoms with Crippen LogP contribution < -0.4 is 4.90 Å². The molecule has 0 spiro atoms. The lowest BCUT2D eigenvalue weighted by Crippen LogP contribution is -2.37. The van der Waals surface area contributed by atoms with Gasteiger partial charge in [-0.05, 0) is 19.4 Å². The predicted molar refractivity (Wildman–Crippen MR) is 102 cm³/mol. The van der Waals surface area contributed by atoms with E-state index < -0.39 is 0 Å². The van der Waals surface area contributed by atoms with Crippen molar-refractivity contribution in [3.05, 3.63) is 46.8 Å². The lowest BCUT2D eigenvalue weighted by atomic mass is 10.1. The van der Waals surface area contributed by atoms with Crippen LogP contribution in [0.2, 0.25) is 0 Å². The molecule has 0 N–H and O–H groups in total. The summed E-state index contributed by atoms with van der Waals surface area (Å²) in [6.07, 6.45) is 0. The van der Waals surface area contributed by atoms with E-state index >= 15 is 0 Å². The molecule has 1 fully saturated rings. The summed E-state index contributed by atoms with van der Waals surface area (Å²) in [6.45, 7) is 14.5. The number of aromatic nitrogens is 2. The fourth-order valence-electron chi connectivity index (χ4n) is 3.05. The Morgan fingerprint density at radius 3 is 2.52 bits per heavy atom. The van der Waals surface area contributed by atoms with Crippen molar-refractivity contribution >= 4 is 32.4 Å². The zero-order chi connectivity index (χ0) is 17.4. The first-order valence-corrected chi connectivity index (χ1v) is 9.07. The Hall–Kier alpha value is -2.49. The quantitative estimate of drug-likeness (QED) is 0.644. The minimum Gasteiger partial charge on any atom is -0.378 e. The van der Waals surface area contributed by atoms with Gasteiger partial charge in [-0.3, -0.25) is 0 Å². The van der Waals surface area contributed by atoms with Crippen LogP contribution in [0.1, 0.15) is 11.1 Å². The number of benzene rings is 1. The van der Waals surface area contributed by atoms with Gasteiger partial charge in [0.05, 0.1) is 19.8 Å². The van der Waals surface area contributed by atoms with Gasteiger partial charge in [0, 0.05) is 24.0 Å². The highest BCUT2D eigenvalue weighted by molar-refractivity contribution is 7.22. The second-order valence-electron chi connectivity index (χ2n) is 6.16. The first-order chi connectivity index (χ1) is 12.2. The van der Waals surface area contributed by atoms with Crippen molar-refractivity contribution in [2.24, 2.45) is 0 Å². The molecule has 1 aromatic carbocycles. The fraction of sp³-hybridized carbons (Fsp3) is 0.316. The number of ether oxygens (including phenoxy) is 1. The Balaban J connectivity index is 1.94. The van der Waals surface area contributed by atoms with Crippen molar-refractivity contribution in [3.8, 4) is 11.4 Å². The van der Waals surface area contributed by atoms with Crippen LogP contribution in [-0.2, 0) is 4.74 Å². The van der Waals surface area contributed by atoms with Gasteiger partial charge >= 0.3 is 0 Å². The van der Waals surface area contributed by atoms with Gasteiger partial charge in [-0.25, -0.2) is 14.8 Å². The summed E-state index contributed by atoms with van der Waals surface area (Å²) in [7, 11) is 0. The van der Waals surface area contributed by atoms with E-state index in [1.807, 2.05) is 6.92 Å². The number of aryl methyl sites for hydroxylation is 2. The summed E-state index contributed by atoms with van der Waals surface area (Å²) >= 11 is 1.45. The zero-order valence-electron chi connectivity index (χ0n) is 14.2. The molecule has 0 atom stereocenters. The van der Waals surface area contributed by atoms with Crippen LogP contribution in [0.4, 0.5) is 10.8 Å². The van der Waals surface area contributed by atoms with E-state index in [0.29, 0.717) is 24.0 Å². The van der Waals surface area contributed by atoms with E-state index in [9.17, 15) is 0 Å². The van der Waals surface area contributed by atoms with E-state index in [4.69, 9.17) is 21.3 Å². The molecule has 0 radical (unpaired) electrons.